The molecule has 0 heterocycles. The van der Waals surface area contributed by atoms with Crippen LogP contribution in [0.1, 0.15) is 43.4 Å². The minimum atomic E-state index is 0.560. The molecule has 86 valence electrons. The van der Waals surface area contributed by atoms with Gasteiger partial charge >= 0.3 is 0 Å². The highest BCUT2D eigenvalue weighted by Crippen LogP contribution is 2.45. The van der Waals surface area contributed by atoms with E-state index in [1.54, 1.807) is 0 Å². The third-order valence-electron chi connectivity index (χ3n) is 4.06. The number of fused-ring (bicyclic) bond motifs is 1. The summed E-state index contributed by atoms with van der Waals surface area (Å²) in [4.78, 5) is 0. The highest BCUT2D eigenvalue weighted by atomic mass is 35.5. The minimum Gasteiger partial charge on any atom is -0.309 e. The molecule has 1 atom stereocenters. The molecule has 1 aromatic carbocycles. The molecule has 3 rings (SSSR count). The number of hydrogen-bond acceptors (Lipinski definition) is 1. The Labute approximate surface area is 102 Å². The summed E-state index contributed by atoms with van der Waals surface area (Å²) in [6.45, 7) is 3.54. The quantitative estimate of drug-likeness (QED) is 0.842. The van der Waals surface area contributed by atoms with Crippen molar-refractivity contribution in [2.24, 2.45) is 5.41 Å². The molecule has 0 bridgehead atoms. The van der Waals surface area contributed by atoms with E-state index in [4.69, 9.17) is 11.6 Å². The van der Waals surface area contributed by atoms with Crippen LogP contribution in [0.5, 0.6) is 0 Å². The number of benzene rings is 1. The zero-order chi connectivity index (χ0) is 11.2. The number of nitrogens with one attached hydrogen (secondary N) is 1. The molecule has 1 unspecified atom stereocenters. The molecule has 1 saturated carbocycles. The first-order valence-electron chi connectivity index (χ1n) is 6.18. The molecule has 0 saturated heterocycles. The van der Waals surface area contributed by atoms with E-state index in [0.29, 0.717) is 11.5 Å². The van der Waals surface area contributed by atoms with Gasteiger partial charge in [-0.2, -0.15) is 0 Å². The fraction of sp³-hybridized carbons (Fsp3) is 0.571. The molecule has 1 aromatic rings. The molecule has 1 nitrogen and oxygen atoms in total. The molecule has 0 radical (unpaired) electrons. The van der Waals surface area contributed by atoms with Gasteiger partial charge in [0.1, 0.15) is 0 Å². The molecular weight excluding hydrogens is 218 g/mol. The summed E-state index contributed by atoms with van der Waals surface area (Å²) in [5, 5.41) is 4.59. The molecule has 1 fully saturated rings. The molecule has 0 spiro atoms. The van der Waals surface area contributed by atoms with Gasteiger partial charge in [-0.1, -0.05) is 24.6 Å². The summed E-state index contributed by atoms with van der Waals surface area (Å²) in [6, 6.07) is 6.89. The summed E-state index contributed by atoms with van der Waals surface area (Å²) in [5.74, 6) is 0. The Kier molecular flexibility index (Phi) is 2.49. The van der Waals surface area contributed by atoms with E-state index >= 15 is 0 Å². The maximum atomic E-state index is 6.01. The first kappa shape index (κ1) is 10.6. The lowest BCUT2D eigenvalue weighted by molar-refractivity contribution is 0.439. The second-order valence-corrected chi connectivity index (χ2v) is 6.06. The molecule has 0 aromatic heterocycles. The van der Waals surface area contributed by atoms with Crippen LogP contribution in [0.2, 0.25) is 5.02 Å². The Balaban J connectivity index is 1.71. The Bertz CT molecular complexity index is 409. The van der Waals surface area contributed by atoms with Crippen molar-refractivity contribution in [3.05, 3.63) is 34.3 Å². The highest BCUT2D eigenvalue weighted by molar-refractivity contribution is 6.30. The van der Waals surface area contributed by atoms with Crippen molar-refractivity contribution in [1.29, 1.82) is 0 Å². The summed E-state index contributed by atoms with van der Waals surface area (Å²) in [6.07, 6.45) is 5.18. The Morgan fingerprint density at radius 3 is 3.00 bits per heavy atom. The van der Waals surface area contributed by atoms with Gasteiger partial charge in [-0.3, -0.25) is 0 Å². The monoisotopic (exact) mass is 235 g/mol. The number of rotatable bonds is 3. The van der Waals surface area contributed by atoms with Crippen LogP contribution in [-0.2, 0) is 6.42 Å². The largest absolute Gasteiger partial charge is 0.309 e. The SMILES string of the molecule is CC1(CNC2CCc3cc(Cl)ccc32)CC1. The molecule has 2 aliphatic rings. The van der Waals surface area contributed by atoms with Crippen LogP contribution < -0.4 is 5.32 Å². The second kappa shape index (κ2) is 3.75. The van der Waals surface area contributed by atoms with Crippen molar-refractivity contribution in [2.75, 3.05) is 6.54 Å². The molecule has 0 amide bonds. The van der Waals surface area contributed by atoms with Gasteiger partial charge in [-0.05, 0) is 54.4 Å². The van der Waals surface area contributed by atoms with Gasteiger partial charge in [0.15, 0.2) is 0 Å². The number of aryl methyl sites for hydroxylation is 1. The lowest BCUT2D eigenvalue weighted by Crippen LogP contribution is -2.25. The van der Waals surface area contributed by atoms with Crippen molar-refractivity contribution < 1.29 is 0 Å². The van der Waals surface area contributed by atoms with Crippen LogP contribution >= 0.6 is 11.6 Å². The third-order valence-corrected chi connectivity index (χ3v) is 4.30. The van der Waals surface area contributed by atoms with Gasteiger partial charge in [0, 0.05) is 17.6 Å². The third kappa shape index (κ3) is 1.99. The normalized spacial score (nSPS) is 25.5. The van der Waals surface area contributed by atoms with E-state index in [-0.39, 0.29) is 0 Å². The van der Waals surface area contributed by atoms with E-state index in [1.165, 1.54) is 43.4 Å². The van der Waals surface area contributed by atoms with E-state index in [0.717, 1.165) is 5.02 Å². The maximum Gasteiger partial charge on any atom is 0.0408 e. The van der Waals surface area contributed by atoms with E-state index < -0.39 is 0 Å². The van der Waals surface area contributed by atoms with Crippen LogP contribution in [0, 0.1) is 5.41 Å². The van der Waals surface area contributed by atoms with Gasteiger partial charge in [0.05, 0.1) is 0 Å². The van der Waals surface area contributed by atoms with Gasteiger partial charge in [0.2, 0.25) is 0 Å². The number of hydrogen-bond donors (Lipinski definition) is 1. The lowest BCUT2D eigenvalue weighted by atomic mass is 10.1. The molecule has 2 aliphatic carbocycles. The van der Waals surface area contributed by atoms with E-state index in [9.17, 15) is 0 Å². The van der Waals surface area contributed by atoms with Crippen molar-refractivity contribution >= 4 is 11.6 Å². The van der Waals surface area contributed by atoms with Gasteiger partial charge in [-0.25, -0.2) is 0 Å². The van der Waals surface area contributed by atoms with E-state index in [2.05, 4.69) is 24.4 Å². The Hall–Kier alpha value is -0.530. The Morgan fingerprint density at radius 2 is 2.25 bits per heavy atom. The Morgan fingerprint density at radius 1 is 1.44 bits per heavy atom. The van der Waals surface area contributed by atoms with Crippen LogP contribution in [-0.4, -0.2) is 6.54 Å². The van der Waals surface area contributed by atoms with Crippen molar-refractivity contribution in [2.45, 2.75) is 38.6 Å². The zero-order valence-corrected chi connectivity index (χ0v) is 10.5. The smallest absolute Gasteiger partial charge is 0.0408 e. The molecule has 0 aliphatic heterocycles. The maximum absolute atomic E-state index is 6.01. The fourth-order valence-electron chi connectivity index (χ4n) is 2.56. The highest BCUT2D eigenvalue weighted by Gasteiger charge is 2.37. The van der Waals surface area contributed by atoms with Gasteiger partial charge in [0.25, 0.3) is 0 Å². The van der Waals surface area contributed by atoms with Gasteiger partial charge in [-0.15, -0.1) is 0 Å². The minimum absolute atomic E-state index is 0.560. The van der Waals surface area contributed by atoms with E-state index in [1.807, 2.05) is 6.07 Å². The average molecular weight is 236 g/mol. The summed E-state index contributed by atoms with van der Waals surface area (Å²) in [7, 11) is 0. The lowest BCUT2D eigenvalue weighted by Gasteiger charge is -2.17. The van der Waals surface area contributed by atoms with Gasteiger partial charge < -0.3 is 5.32 Å². The second-order valence-electron chi connectivity index (χ2n) is 5.63. The van der Waals surface area contributed by atoms with Crippen molar-refractivity contribution in [1.82, 2.24) is 5.32 Å². The van der Waals surface area contributed by atoms with Crippen molar-refractivity contribution in [3.63, 3.8) is 0 Å². The summed E-state index contributed by atoms with van der Waals surface area (Å²) >= 11 is 6.01. The van der Waals surface area contributed by atoms with Crippen molar-refractivity contribution in [3.8, 4) is 0 Å². The van der Waals surface area contributed by atoms with Crippen LogP contribution in [0.3, 0.4) is 0 Å². The van der Waals surface area contributed by atoms with Crippen LogP contribution in [0.4, 0.5) is 0 Å². The standard InChI is InChI=1S/C14H18ClN/c1-14(6-7-14)9-16-13-5-2-10-8-11(15)3-4-12(10)13/h3-4,8,13,16H,2,5-7,9H2,1H3. The predicted molar refractivity (Wildman–Crippen MR) is 67.9 cm³/mol. The average Bonchev–Trinajstić information content (AvgIpc) is 2.87. The fourth-order valence-corrected chi connectivity index (χ4v) is 2.75. The summed E-state index contributed by atoms with van der Waals surface area (Å²) < 4.78 is 0. The van der Waals surface area contributed by atoms with Crippen LogP contribution in [0.15, 0.2) is 18.2 Å². The first-order valence-corrected chi connectivity index (χ1v) is 6.56. The molecule has 16 heavy (non-hydrogen) atoms. The molecule has 2 heteroatoms. The van der Waals surface area contributed by atoms with Crippen LogP contribution in [0.25, 0.3) is 0 Å². The predicted octanol–water partition coefficient (Wildman–Crippen LogP) is 3.72. The zero-order valence-electron chi connectivity index (χ0n) is 9.72. The first-order chi connectivity index (χ1) is 7.66. The molecular formula is C14H18ClN. The number of halogens is 1. The topological polar surface area (TPSA) is 12.0 Å². The summed E-state index contributed by atoms with van der Waals surface area (Å²) in [5.41, 5.74) is 3.49. The molecule has 1 N–H and O–H groups in total.